The molecule has 1 unspecified atom stereocenters. The lowest BCUT2D eigenvalue weighted by Crippen LogP contribution is -2.44. The van der Waals surface area contributed by atoms with Gasteiger partial charge in [-0.3, -0.25) is 0 Å². The molecule has 0 amide bonds. The van der Waals surface area contributed by atoms with E-state index < -0.39 is 29.4 Å². The minimum absolute atomic E-state index is 0.104. The lowest BCUT2D eigenvalue weighted by Gasteiger charge is -2.34. The molecule has 0 saturated heterocycles. The quantitative estimate of drug-likeness (QED) is 0.725. The van der Waals surface area contributed by atoms with Gasteiger partial charge in [0.2, 0.25) is 5.88 Å². The van der Waals surface area contributed by atoms with Crippen LogP contribution in [-0.4, -0.2) is 46.6 Å². The van der Waals surface area contributed by atoms with E-state index in [9.17, 15) is 23.4 Å². The first-order valence-corrected chi connectivity index (χ1v) is 8.53. The van der Waals surface area contributed by atoms with Crippen molar-refractivity contribution in [1.29, 1.82) is 0 Å². The molecule has 140 valence electrons. The number of nitrogens with zero attached hydrogens (tertiary/aromatic N) is 1. The van der Waals surface area contributed by atoms with Crippen LogP contribution in [-0.2, 0) is 6.18 Å². The second kappa shape index (κ2) is 7.09. The Labute approximate surface area is 144 Å². The van der Waals surface area contributed by atoms with Gasteiger partial charge in [0.25, 0.3) is 0 Å². The van der Waals surface area contributed by atoms with Crippen LogP contribution >= 0.6 is 0 Å². The summed E-state index contributed by atoms with van der Waals surface area (Å²) < 4.78 is 43.3. The Morgan fingerprint density at radius 2 is 1.88 bits per heavy atom. The minimum Gasteiger partial charge on any atom is -0.477 e. The van der Waals surface area contributed by atoms with E-state index in [1.807, 2.05) is 0 Å². The molecule has 3 N–H and O–H groups in total. The van der Waals surface area contributed by atoms with Crippen LogP contribution in [0.15, 0.2) is 18.3 Å². The van der Waals surface area contributed by atoms with E-state index >= 15 is 0 Å². The third-order valence-corrected chi connectivity index (χ3v) is 5.19. The number of ether oxygens (including phenoxy) is 1. The largest absolute Gasteiger partial charge is 0.477 e. The zero-order valence-corrected chi connectivity index (χ0v) is 13.8. The van der Waals surface area contributed by atoms with Crippen LogP contribution < -0.4 is 10.1 Å². The van der Waals surface area contributed by atoms with E-state index in [-0.39, 0.29) is 12.5 Å². The molecule has 2 fully saturated rings. The molecule has 25 heavy (non-hydrogen) atoms. The van der Waals surface area contributed by atoms with Gasteiger partial charge in [-0.2, -0.15) is 13.2 Å². The van der Waals surface area contributed by atoms with Gasteiger partial charge in [-0.25, -0.2) is 4.98 Å². The fourth-order valence-electron chi connectivity index (χ4n) is 3.39. The van der Waals surface area contributed by atoms with Crippen molar-refractivity contribution in [2.24, 2.45) is 5.41 Å². The number of halogens is 3. The van der Waals surface area contributed by atoms with Crippen LogP contribution in [0.3, 0.4) is 0 Å². The fourth-order valence-corrected chi connectivity index (χ4v) is 3.39. The Kier molecular flexibility index (Phi) is 5.22. The summed E-state index contributed by atoms with van der Waals surface area (Å²) >= 11 is 0. The van der Waals surface area contributed by atoms with Gasteiger partial charge < -0.3 is 20.3 Å². The normalized spacial score (nSPS) is 30.3. The van der Waals surface area contributed by atoms with Crippen molar-refractivity contribution in [3.05, 3.63) is 23.9 Å². The summed E-state index contributed by atoms with van der Waals surface area (Å²) in [6.45, 7) is 0.769. The summed E-state index contributed by atoms with van der Waals surface area (Å²) in [6.07, 6.45) is -1.12. The van der Waals surface area contributed by atoms with Crippen LogP contribution in [0.25, 0.3) is 0 Å². The molecule has 0 aromatic carbocycles. The van der Waals surface area contributed by atoms with Crippen molar-refractivity contribution in [2.75, 3.05) is 13.2 Å². The summed E-state index contributed by atoms with van der Waals surface area (Å²) in [5, 5.41) is 23.3. The SMILES string of the molecule is O[C@@H]1CC(CNC2CCC2)(COc2ccc(C(F)(F)F)cn2)C[C@@H]1O. The number of aliphatic hydroxyl groups excluding tert-OH is 2. The van der Waals surface area contributed by atoms with Gasteiger partial charge in [-0.05, 0) is 31.7 Å². The molecule has 0 radical (unpaired) electrons. The van der Waals surface area contributed by atoms with E-state index in [2.05, 4.69) is 10.3 Å². The van der Waals surface area contributed by atoms with Crippen LogP contribution in [0, 0.1) is 5.41 Å². The lowest BCUT2D eigenvalue weighted by atomic mass is 9.85. The van der Waals surface area contributed by atoms with E-state index in [0.29, 0.717) is 25.4 Å². The monoisotopic (exact) mass is 360 g/mol. The van der Waals surface area contributed by atoms with Gasteiger partial charge in [0, 0.05) is 30.3 Å². The maximum absolute atomic E-state index is 12.6. The molecular weight excluding hydrogens is 337 g/mol. The summed E-state index contributed by atoms with van der Waals surface area (Å²) in [5.41, 5.74) is -1.29. The molecular formula is C17H23F3N2O3. The van der Waals surface area contributed by atoms with Crippen LogP contribution in [0.1, 0.15) is 37.7 Å². The maximum Gasteiger partial charge on any atom is 0.417 e. The second-order valence-electron chi connectivity index (χ2n) is 7.22. The highest BCUT2D eigenvalue weighted by atomic mass is 19.4. The Morgan fingerprint density at radius 1 is 1.20 bits per heavy atom. The van der Waals surface area contributed by atoms with Gasteiger partial charge in [-0.15, -0.1) is 0 Å². The summed E-state index contributed by atoms with van der Waals surface area (Å²) in [7, 11) is 0. The minimum atomic E-state index is -4.43. The first-order chi connectivity index (χ1) is 11.8. The van der Waals surface area contributed by atoms with Gasteiger partial charge in [0.05, 0.1) is 24.4 Å². The highest BCUT2D eigenvalue weighted by Gasteiger charge is 2.45. The Bertz CT molecular complexity index is 565. The third-order valence-electron chi connectivity index (χ3n) is 5.19. The smallest absolute Gasteiger partial charge is 0.417 e. The fraction of sp³-hybridized carbons (Fsp3) is 0.706. The standard InChI is InChI=1S/C17H23F3N2O3/c18-17(19,20)11-4-5-15(21-8-11)25-10-16(6-13(23)14(24)7-16)9-22-12-2-1-3-12/h4-5,8,12-14,22-24H,1-3,6-7,9-10H2/t13-,14+,16?. The zero-order chi connectivity index (χ0) is 18.1. The van der Waals surface area contributed by atoms with Crippen molar-refractivity contribution < 1.29 is 28.1 Å². The molecule has 3 rings (SSSR count). The average molecular weight is 360 g/mol. The molecule has 1 aromatic rings. The Morgan fingerprint density at radius 3 is 2.36 bits per heavy atom. The highest BCUT2D eigenvalue weighted by molar-refractivity contribution is 5.20. The molecule has 2 saturated carbocycles. The molecule has 1 heterocycles. The van der Waals surface area contributed by atoms with Crippen LogP contribution in [0.4, 0.5) is 13.2 Å². The molecule has 0 spiro atoms. The number of aromatic nitrogens is 1. The van der Waals surface area contributed by atoms with Crippen molar-refractivity contribution in [2.45, 2.75) is 56.5 Å². The van der Waals surface area contributed by atoms with Crippen molar-refractivity contribution in [3.63, 3.8) is 0 Å². The van der Waals surface area contributed by atoms with Crippen molar-refractivity contribution in [1.82, 2.24) is 10.3 Å². The number of alkyl halides is 3. The molecule has 8 heteroatoms. The predicted molar refractivity (Wildman–Crippen MR) is 84.1 cm³/mol. The van der Waals surface area contributed by atoms with Gasteiger partial charge in [-0.1, -0.05) is 6.42 Å². The molecule has 2 aliphatic rings. The number of hydrogen-bond acceptors (Lipinski definition) is 5. The van der Waals surface area contributed by atoms with Crippen molar-refractivity contribution in [3.8, 4) is 5.88 Å². The van der Waals surface area contributed by atoms with E-state index in [0.717, 1.165) is 25.1 Å². The summed E-state index contributed by atoms with van der Waals surface area (Å²) in [4.78, 5) is 3.71. The summed E-state index contributed by atoms with van der Waals surface area (Å²) in [5.74, 6) is 0.104. The number of rotatable bonds is 6. The third kappa shape index (κ3) is 4.43. The van der Waals surface area contributed by atoms with E-state index in [4.69, 9.17) is 4.74 Å². The first-order valence-electron chi connectivity index (χ1n) is 8.53. The van der Waals surface area contributed by atoms with E-state index in [1.165, 1.54) is 12.5 Å². The molecule has 2 aliphatic carbocycles. The Balaban J connectivity index is 1.62. The maximum atomic E-state index is 12.6. The molecule has 3 atom stereocenters. The first kappa shape index (κ1) is 18.4. The molecule has 5 nitrogen and oxygen atoms in total. The number of nitrogens with one attached hydrogen (secondary N) is 1. The van der Waals surface area contributed by atoms with Crippen LogP contribution in [0.2, 0.25) is 0 Å². The topological polar surface area (TPSA) is 74.6 Å². The number of pyridine rings is 1. The van der Waals surface area contributed by atoms with E-state index in [1.54, 1.807) is 0 Å². The second-order valence-corrected chi connectivity index (χ2v) is 7.22. The highest BCUT2D eigenvalue weighted by Crippen LogP contribution is 2.39. The van der Waals surface area contributed by atoms with Crippen molar-refractivity contribution >= 4 is 0 Å². The predicted octanol–water partition coefficient (Wildman–Crippen LogP) is 2.12. The lowest BCUT2D eigenvalue weighted by molar-refractivity contribution is -0.137. The van der Waals surface area contributed by atoms with Gasteiger partial charge in [0.15, 0.2) is 0 Å². The Hall–Kier alpha value is -1.38. The molecule has 0 aliphatic heterocycles. The van der Waals surface area contributed by atoms with Crippen LogP contribution in [0.5, 0.6) is 5.88 Å². The van der Waals surface area contributed by atoms with Gasteiger partial charge in [0.1, 0.15) is 0 Å². The summed E-state index contributed by atoms with van der Waals surface area (Å²) in [6, 6.07) is 2.58. The molecule has 0 bridgehead atoms. The number of aliphatic hydroxyl groups is 2. The zero-order valence-electron chi connectivity index (χ0n) is 13.8. The molecule has 1 aromatic heterocycles. The van der Waals surface area contributed by atoms with Gasteiger partial charge >= 0.3 is 6.18 Å². The number of hydrogen-bond donors (Lipinski definition) is 3. The average Bonchev–Trinajstić information content (AvgIpc) is 2.78.